The van der Waals surface area contributed by atoms with Crippen molar-refractivity contribution in [1.82, 2.24) is 10.2 Å². The molecule has 8 heteroatoms. The van der Waals surface area contributed by atoms with E-state index in [1.165, 1.54) is 0 Å². The molecule has 104 valence electrons. The van der Waals surface area contributed by atoms with E-state index in [4.69, 9.17) is 5.11 Å². The van der Waals surface area contributed by atoms with Gasteiger partial charge in [-0.15, -0.1) is 0 Å². The largest absolute Gasteiger partial charge is 0.480 e. The van der Waals surface area contributed by atoms with Crippen LogP contribution in [0.5, 0.6) is 0 Å². The van der Waals surface area contributed by atoms with E-state index >= 15 is 0 Å². The highest BCUT2D eigenvalue weighted by molar-refractivity contribution is 5.83. The molecule has 18 heavy (non-hydrogen) atoms. The fraction of sp³-hybridized carbons (Fsp3) is 0.800. The second kappa shape index (κ2) is 5.45. The highest BCUT2D eigenvalue weighted by atomic mass is 19.4. The zero-order valence-corrected chi connectivity index (χ0v) is 9.83. The van der Waals surface area contributed by atoms with Crippen LogP contribution in [0.15, 0.2) is 0 Å². The molecule has 0 saturated carbocycles. The maximum atomic E-state index is 11.9. The van der Waals surface area contributed by atoms with Gasteiger partial charge in [0.2, 0.25) is 0 Å². The third-order valence-electron chi connectivity index (χ3n) is 2.90. The van der Waals surface area contributed by atoms with E-state index in [0.717, 1.165) is 4.90 Å². The first-order valence-electron chi connectivity index (χ1n) is 5.56. The van der Waals surface area contributed by atoms with Crippen LogP contribution in [0.3, 0.4) is 0 Å². The average Bonchev–Trinajstić information content (AvgIpc) is 2.58. The molecule has 1 aliphatic rings. The zero-order valence-electron chi connectivity index (χ0n) is 9.83. The Morgan fingerprint density at radius 2 is 2.06 bits per heavy atom. The third kappa shape index (κ3) is 3.78. The van der Waals surface area contributed by atoms with E-state index in [9.17, 15) is 22.8 Å². The van der Waals surface area contributed by atoms with Crippen molar-refractivity contribution in [2.24, 2.45) is 5.92 Å². The van der Waals surface area contributed by atoms with Crippen LogP contribution in [-0.4, -0.2) is 47.3 Å². The van der Waals surface area contributed by atoms with Gasteiger partial charge in [-0.25, -0.2) is 9.59 Å². The van der Waals surface area contributed by atoms with E-state index < -0.39 is 37.2 Å². The number of alkyl halides is 3. The minimum absolute atomic E-state index is 0.198. The van der Waals surface area contributed by atoms with Gasteiger partial charge in [-0.3, -0.25) is 0 Å². The zero-order chi connectivity index (χ0) is 13.9. The van der Waals surface area contributed by atoms with Gasteiger partial charge in [0.15, 0.2) is 0 Å². The Labute approximate surface area is 102 Å². The van der Waals surface area contributed by atoms with E-state index in [1.807, 2.05) is 0 Å². The van der Waals surface area contributed by atoms with E-state index in [1.54, 1.807) is 6.92 Å². The van der Waals surface area contributed by atoms with Crippen molar-refractivity contribution in [3.8, 4) is 0 Å². The molecule has 0 aliphatic carbocycles. The van der Waals surface area contributed by atoms with Gasteiger partial charge in [-0.2, -0.15) is 13.2 Å². The van der Waals surface area contributed by atoms with E-state index in [-0.39, 0.29) is 12.5 Å². The number of rotatable bonds is 3. The second-order valence-electron chi connectivity index (χ2n) is 4.34. The minimum atomic E-state index is -4.34. The predicted octanol–water partition coefficient (Wildman–Crippen LogP) is 1.44. The summed E-state index contributed by atoms with van der Waals surface area (Å²) in [4.78, 5) is 23.6. The molecule has 0 aromatic rings. The normalized spacial score (nSPS) is 24.1. The quantitative estimate of drug-likeness (QED) is 0.813. The maximum Gasteiger partial charge on any atom is 0.390 e. The molecular formula is C10H15F3N2O3. The number of halogens is 3. The summed E-state index contributed by atoms with van der Waals surface area (Å²) in [6.45, 7) is 1.40. The van der Waals surface area contributed by atoms with Crippen molar-refractivity contribution in [2.45, 2.75) is 32.0 Å². The summed E-state index contributed by atoms with van der Waals surface area (Å²) in [6.07, 6.45) is -4.93. The molecule has 0 bridgehead atoms. The van der Waals surface area contributed by atoms with Crippen molar-refractivity contribution in [3.05, 3.63) is 0 Å². The van der Waals surface area contributed by atoms with Crippen LogP contribution in [0.1, 0.15) is 19.8 Å². The van der Waals surface area contributed by atoms with Crippen LogP contribution in [-0.2, 0) is 4.79 Å². The van der Waals surface area contributed by atoms with Gasteiger partial charge >= 0.3 is 18.2 Å². The number of nitrogens with zero attached hydrogens (tertiary/aromatic N) is 1. The first kappa shape index (κ1) is 14.6. The number of aliphatic carboxylic acids is 1. The molecule has 2 unspecified atom stereocenters. The fourth-order valence-electron chi connectivity index (χ4n) is 1.96. The van der Waals surface area contributed by atoms with Gasteiger partial charge in [0.05, 0.1) is 6.42 Å². The first-order chi connectivity index (χ1) is 8.22. The molecule has 0 aromatic carbocycles. The van der Waals surface area contributed by atoms with Gasteiger partial charge < -0.3 is 15.3 Å². The highest BCUT2D eigenvalue weighted by Gasteiger charge is 2.39. The summed E-state index contributed by atoms with van der Waals surface area (Å²) in [5, 5.41) is 11.0. The summed E-state index contributed by atoms with van der Waals surface area (Å²) in [6, 6.07) is -1.72. The number of amides is 2. The summed E-state index contributed by atoms with van der Waals surface area (Å²) in [5.41, 5.74) is 0. The summed E-state index contributed by atoms with van der Waals surface area (Å²) in [7, 11) is 0. The number of carboxylic acid groups (broad SMARTS) is 1. The minimum Gasteiger partial charge on any atom is -0.480 e. The molecule has 1 fully saturated rings. The molecule has 1 aliphatic heterocycles. The van der Waals surface area contributed by atoms with Crippen molar-refractivity contribution in [3.63, 3.8) is 0 Å². The lowest BCUT2D eigenvalue weighted by molar-refractivity contribution is -0.142. The van der Waals surface area contributed by atoms with Crippen molar-refractivity contribution in [2.75, 3.05) is 13.1 Å². The molecule has 0 aromatic heterocycles. The van der Waals surface area contributed by atoms with Crippen LogP contribution in [0.4, 0.5) is 18.0 Å². The molecule has 2 N–H and O–H groups in total. The van der Waals surface area contributed by atoms with E-state index in [0.29, 0.717) is 6.42 Å². The Morgan fingerprint density at radius 3 is 2.56 bits per heavy atom. The van der Waals surface area contributed by atoms with Crippen molar-refractivity contribution >= 4 is 12.0 Å². The first-order valence-corrected chi connectivity index (χ1v) is 5.56. The van der Waals surface area contributed by atoms with Crippen molar-refractivity contribution in [1.29, 1.82) is 0 Å². The number of carbonyl (C=O) groups excluding carboxylic acids is 1. The number of hydrogen-bond donors (Lipinski definition) is 2. The summed E-state index contributed by atoms with van der Waals surface area (Å²) < 4.78 is 35.7. The smallest absolute Gasteiger partial charge is 0.390 e. The molecule has 2 amide bonds. The molecule has 1 saturated heterocycles. The lowest BCUT2D eigenvalue weighted by atomic mass is 10.0. The molecule has 5 nitrogen and oxygen atoms in total. The van der Waals surface area contributed by atoms with Crippen molar-refractivity contribution < 1.29 is 27.9 Å². The number of urea groups is 1. The highest BCUT2D eigenvalue weighted by Crippen LogP contribution is 2.24. The molecular weight excluding hydrogens is 253 g/mol. The number of carboxylic acids is 1. The fourth-order valence-corrected chi connectivity index (χ4v) is 1.96. The standard InChI is InChI=1S/C10H15F3N2O3/c1-6-2-5-15(7(6)8(16)17)9(18)14-4-3-10(11,12)13/h6-7H,2-5H2,1H3,(H,14,18)(H,16,17). The Hall–Kier alpha value is -1.47. The lowest BCUT2D eigenvalue weighted by Gasteiger charge is -2.23. The maximum absolute atomic E-state index is 11.9. The average molecular weight is 268 g/mol. The van der Waals surface area contributed by atoms with Gasteiger partial charge in [0.1, 0.15) is 6.04 Å². The number of likely N-dealkylation sites (tertiary alicyclic amines) is 1. The monoisotopic (exact) mass is 268 g/mol. The van der Waals surface area contributed by atoms with Gasteiger partial charge in [0.25, 0.3) is 0 Å². The SMILES string of the molecule is CC1CCN(C(=O)NCCC(F)(F)F)C1C(=O)O. The van der Waals surface area contributed by atoms with E-state index in [2.05, 4.69) is 5.32 Å². The Balaban J connectivity index is 2.49. The van der Waals surface area contributed by atoms with Gasteiger partial charge in [-0.1, -0.05) is 6.92 Å². The number of carbonyl (C=O) groups is 2. The van der Waals surface area contributed by atoms with Crippen LogP contribution in [0, 0.1) is 5.92 Å². The van der Waals surface area contributed by atoms with Crippen LogP contribution in [0.2, 0.25) is 0 Å². The van der Waals surface area contributed by atoms with Crippen LogP contribution >= 0.6 is 0 Å². The number of hydrogen-bond acceptors (Lipinski definition) is 2. The third-order valence-corrected chi connectivity index (χ3v) is 2.90. The topological polar surface area (TPSA) is 69.6 Å². The molecule has 0 radical (unpaired) electrons. The number of nitrogens with one attached hydrogen (secondary N) is 1. The Morgan fingerprint density at radius 1 is 1.44 bits per heavy atom. The van der Waals surface area contributed by atoms with Crippen LogP contribution < -0.4 is 5.32 Å². The van der Waals surface area contributed by atoms with Gasteiger partial charge in [-0.05, 0) is 12.3 Å². The van der Waals surface area contributed by atoms with Gasteiger partial charge in [0, 0.05) is 13.1 Å². The lowest BCUT2D eigenvalue weighted by Crippen LogP contribution is -2.48. The van der Waals surface area contributed by atoms with Crippen LogP contribution in [0.25, 0.3) is 0 Å². The molecule has 0 spiro atoms. The molecule has 1 rings (SSSR count). The molecule has 1 heterocycles. The summed E-state index contributed by atoms with van der Waals surface area (Å²) >= 11 is 0. The Bertz CT molecular complexity index is 333. The Kier molecular flexibility index (Phi) is 4.42. The summed E-state index contributed by atoms with van der Waals surface area (Å²) in [5.74, 6) is -1.33. The molecule has 2 atom stereocenters. The second-order valence-corrected chi connectivity index (χ2v) is 4.34. The predicted molar refractivity (Wildman–Crippen MR) is 56.0 cm³/mol.